The average Bonchev–Trinajstić information content (AvgIpc) is 2.20. The molecule has 1 radical (unpaired) electrons. The van der Waals surface area contributed by atoms with Gasteiger partial charge in [0.2, 0.25) is 0 Å². The molecule has 2 heteroatoms. The maximum atomic E-state index is 5.22. The molecular weight excluding hydrogens is 178 g/mol. The van der Waals surface area contributed by atoms with Crippen LogP contribution in [0.4, 0.5) is 0 Å². The molecule has 0 fully saturated rings. The van der Waals surface area contributed by atoms with Gasteiger partial charge in [-0.2, -0.15) is 0 Å². The lowest BCUT2D eigenvalue weighted by atomic mass is 10.0. The third-order valence-corrected chi connectivity index (χ3v) is 2.26. The molecule has 1 nitrogen and oxygen atoms in total. The van der Waals surface area contributed by atoms with Crippen LogP contribution in [0.5, 0.6) is 0 Å². The minimum atomic E-state index is 0.757. The molecule has 1 aliphatic rings. The second-order valence-electron chi connectivity index (χ2n) is 2.79. The molecule has 1 aliphatic heterocycles. The van der Waals surface area contributed by atoms with Crippen LogP contribution in [0.25, 0.3) is 5.57 Å². The van der Waals surface area contributed by atoms with Crippen LogP contribution in [0.15, 0.2) is 35.3 Å². The summed E-state index contributed by atoms with van der Waals surface area (Å²) in [5.74, 6) is 0. The van der Waals surface area contributed by atoms with E-state index in [1.165, 1.54) is 0 Å². The number of thiocarbonyl (C=S) groups is 1. The number of hydrogen-bond donors (Lipinski definition) is 0. The Morgan fingerprint density at radius 1 is 1.23 bits per heavy atom. The SMILES string of the molecule is S=C1CC=N[C]=C1c1ccccc1. The molecule has 0 N–H and O–H groups in total. The summed E-state index contributed by atoms with van der Waals surface area (Å²) < 4.78 is 0. The zero-order chi connectivity index (χ0) is 9.10. The maximum absolute atomic E-state index is 5.22. The molecule has 0 aromatic heterocycles. The molecule has 2 rings (SSSR count). The third-order valence-electron chi connectivity index (χ3n) is 1.89. The van der Waals surface area contributed by atoms with Crippen molar-refractivity contribution < 1.29 is 0 Å². The standard InChI is InChI=1S/C11H8NS/c13-11-6-7-12-8-10(11)9-4-2-1-3-5-9/h1-5,7H,6H2. The average molecular weight is 186 g/mol. The summed E-state index contributed by atoms with van der Waals surface area (Å²) in [6.07, 6.45) is 5.47. The number of hydrogen-bond acceptors (Lipinski definition) is 2. The van der Waals surface area contributed by atoms with E-state index in [1.807, 2.05) is 30.3 Å². The highest BCUT2D eigenvalue weighted by atomic mass is 32.1. The van der Waals surface area contributed by atoms with E-state index < -0.39 is 0 Å². The van der Waals surface area contributed by atoms with Gasteiger partial charge >= 0.3 is 0 Å². The van der Waals surface area contributed by atoms with Gasteiger partial charge in [-0.1, -0.05) is 42.5 Å². The fourth-order valence-corrected chi connectivity index (χ4v) is 1.47. The number of allylic oxidation sites excluding steroid dienone is 1. The number of benzene rings is 1. The topological polar surface area (TPSA) is 12.4 Å². The van der Waals surface area contributed by atoms with E-state index in [9.17, 15) is 0 Å². The van der Waals surface area contributed by atoms with Gasteiger partial charge in [0.1, 0.15) is 0 Å². The Balaban J connectivity index is 2.41. The molecule has 1 heterocycles. The Morgan fingerprint density at radius 2 is 2.00 bits per heavy atom. The van der Waals surface area contributed by atoms with E-state index in [-0.39, 0.29) is 0 Å². The molecule has 13 heavy (non-hydrogen) atoms. The minimum Gasteiger partial charge on any atom is -0.258 e. The molecule has 0 saturated heterocycles. The molecule has 0 spiro atoms. The highest BCUT2D eigenvalue weighted by Gasteiger charge is 2.09. The molecule has 0 unspecified atom stereocenters. The first-order chi connectivity index (χ1) is 6.38. The van der Waals surface area contributed by atoms with Gasteiger partial charge in [0, 0.05) is 23.1 Å². The van der Waals surface area contributed by atoms with Gasteiger partial charge in [0.15, 0.2) is 0 Å². The van der Waals surface area contributed by atoms with Gasteiger partial charge in [-0.15, -0.1) is 0 Å². The summed E-state index contributed by atoms with van der Waals surface area (Å²) in [4.78, 5) is 4.90. The van der Waals surface area contributed by atoms with Crippen LogP contribution in [0.3, 0.4) is 0 Å². The summed E-state index contributed by atoms with van der Waals surface area (Å²) in [6, 6.07) is 10.0. The lowest BCUT2D eigenvalue weighted by Crippen LogP contribution is -2.03. The van der Waals surface area contributed by atoms with E-state index in [2.05, 4.69) is 11.2 Å². The highest BCUT2D eigenvalue weighted by Crippen LogP contribution is 2.19. The molecule has 0 aliphatic carbocycles. The van der Waals surface area contributed by atoms with Crippen molar-refractivity contribution in [1.29, 1.82) is 0 Å². The monoisotopic (exact) mass is 186 g/mol. The lowest BCUT2D eigenvalue weighted by Gasteiger charge is -2.08. The molecule has 63 valence electrons. The van der Waals surface area contributed by atoms with Crippen LogP contribution in [-0.2, 0) is 0 Å². The fourth-order valence-electron chi connectivity index (χ4n) is 1.23. The van der Waals surface area contributed by atoms with Crippen molar-refractivity contribution in [3.05, 3.63) is 42.1 Å². The normalized spacial score (nSPS) is 15.7. The smallest absolute Gasteiger partial charge is 0.0978 e. The van der Waals surface area contributed by atoms with Crippen molar-refractivity contribution in [1.82, 2.24) is 0 Å². The van der Waals surface area contributed by atoms with E-state index in [4.69, 9.17) is 12.2 Å². The second kappa shape index (κ2) is 3.62. The van der Waals surface area contributed by atoms with Gasteiger partial charge in [0.05, 0.1) is 6.20 Å². The van der Waals surface area contributed by atoms with Gasteiger partial charge in [0.25, 0.3) is 0 Å². The summed E-state index contributed by atoms with van der Waals surface area (Å²) in [6.45, 7) is 0. The van der Waals surface area contributed by atoms with Crippen molar-refractivity contribution in [3.63, 3.8) is 0 Å². The fraction of sp³-hybridized carbons (Fsp3) is 0.0909. The van der Waals surface area contributed by atoms with Crippen LogP contribution in [0.1, 0.15) is 12.0 Å². The van der Waals surface area contributed by atoms with Gasteiger partial charge in [-0.05, 0) is 5.56 Å². The van der Waals surface area contributed by atoms with Crippen LogP contribution in [-0.4, -0.2) is 11.1 Å². The number of aliphatic imine (C=N–C) groups is 1. The molecule has 0 saturated carbocycles. The highest BCUT2D eigenvalue weighted by molar-refractivity contribution is 7.81. The number of rotatable bonds is 1. The Labute approximate surface area is 82.8 Å². The Hall–Kier alpha value is -1.28. The summed E-state index contributed by atoms with van der Waals surface area (Å²) in [7, 11) is 0. The molecule has 0 atom stereocenters. The Bertz CT molecular complexity index is 376. The van der Waals surface area contributed by atoms with Crippen LogP contribution < -0.4 is 0 Å². The Morgan fingerprint density at radius 3 is 2.69 bits per heavy atom. The van der Waals surface area contributed by atoms with Gasteiger partial charge < -0.3 is 0 Å². The van der Waals surface area contributed by atoms with Gasteiger partial charge in [-0.25, -0.2) is 0 Å². The quantitative estimate of drug-likeness (QED) is 0.614. The van der Waals surface area contributed by atoms with Crippen LogP contribution >= 0.6 is 12.2 Å². The maximum Gasteiger partial charge on any atom is 0.0978 e. The second-order valence-corrected chi connectivity index (χ2v) is 3.28. The van der Waals surface area contributed by atoms with Crippen molar-refractivity contribution >= 4 is 28.9 Å². The van der Waals surface area contributed by atoms with Crippen molar-refractivity contribution in [2.45, 2.75) is 6.42 Å². The van der Waals surface area contributed by atoms with Crippen LogP contribution in [0.2, 0.25) is 0 Å². The molecule has 1 aromatic rings. The Kier molecular flexibility index (Phi) is 2.32. The zero-order valence-corrected chi connectivity index (χ0v) is 7.84. The van der Waals surface area contributed by atoms with E-state index in [0.717, 1.165) is 22.4 Å². The first-order valence-corrected chi connectivity index (χ1v) is 4.52. The van der Waals surface area contributed by atoms with Crippen molar-refractivity contribution in [2.24, 2.45) is 4.99 Å². The molecule has 0 amide bonds. The van der Waals surface area contributed by atoms with E-state index in [1.54, 1.807) is 6.21 Å². The largest absolute Gasteiger partial charge is 0.258 e. The van der Waals surface area contributed by atoms with Gasteiger partial charge in [-0.3, -0.25) is 4.99 Å². The first-order valence-electron chi connectivity index (χ1n) is 4.11. The summed E-state index contributed by atoms with van der Waals surface area (Å²) >= 11 is 5.22. The number of nitrogens with zero attached hydrogens (tertiary/aromatic N) is 1. The first kappa shape index (κ1) is 8.32. The zero-order valence-electron chi connectivity index (χ0n) is 7.03. The predicted molar refractivity (Wildman–Crippen MR) is 58.8 cm³/mol. The van der Waals surface area contributed by atoms with Crippen molar-refractivity contribution in [3.8, 4) is 0 Å². The lowest BCUT2D eigenvalue weighted by molar-refractivity contribution is 1.44. The van der Waals surface area contributed by atoms with E-state index in [0.29, 0.717) is 0 Å². The van der Waals surface area contributed by atoms with Crippen LogP contribution in [0, 0.1) is 6.20 Å². The van der Waals surface area contributed by atoms with E-state index >= 15 is 0 Å². The molecule has 0 bridgehead atoms. The summed E-state index contributed by atoms with van der Waals surface area (Å²) in [5, 5.41) is 0. The third kappa shape index (κ3) is 1.73. The predicted octanol–water partition coefficient (Wildman–Crippen LogP) is 2.68. The van der Waals surface area contributed by atoms with Crippen molar-refractivity contribution in [2.75, 3.05) is 0 Å². The molecule has 1 aromatic carbocycles. The minimum absolute atomic E-state index is 0.757. The molecular formula is C11H8NS. The summed E-state index contributed by atoms with van der Waals surface area (Å²) in [5.41, 5.74) is 2.06.